The number of hydrogen-bond acceptors (Lipinski definition) is 7. The molecule has 0 fully saturated rings. The van der Waals surface area contributed by atoms with Crippen LogP contribution in [0.3, 0.4) is 0 Å². The summed E-state index contributed by atoms with van der Waals surface area (Å²) in [7, 11) is 0. The minimum Gasteiger partial charge on any atom is -0.460 e. The molecule has 0 aromatic heterocycles. The number of amides is 1. The van der Waals surface area contributed by atoms with Crippen LogP contribution in [0.15, 0.2) is 61.2 Å². The zero-order valence-electron chi connectivity index (χ0n) is 14.4. The highest BCUT2D eigenvalue weighted by molar-refractivity contribution is 5.98. The second-order valence-electron chi connectivity index (χ2n) is 5.49. The van der Waals surface area contributed by atoms with Gasteiger partial charge in [0.1, 0.15) is 6.61 Å². The molecule has 0 saturated carbocycles. The molecule has 10 nitrogen and oxygen atoms in total. The number of benzene rings is 2. The zero-order chi connectivity index (χ0) is 20.7. The number of nitrogens with one attached hydrogen (secondary N) is 1. The van der Waals surface area contributed by atoms with Gasteiger partial charge in [0.15, 0.2) is 6.04 Å². The second-order valence-corrected chi connectivity index (χ2v) is 5.49. The first kappa shape index (κ1) is 20.2. The average Bonchev–Trinajstić information content (AvgIpc) is 2.70. The molecular weight excluding hydrogens is 370 g/mol. The standard InChI is InChI=1S/C18H15N3O7/c1-2-8-28-18(23)16(12-6-4-3-5-7-12)19-17(22)13-9-14(20(24)25)11-15(10-13)21(26)27/h2-7,9-11,16H,1,8H2,(H,19,22). The van der Waals surface area contributed by atoms with E-state index in [9.17, 15) is 29.8 Å². The molecule has 1 unspecified atom stereocenters. The maximum absolute atomic E-state index is 12.6. The fourth-order valence-electron chi connectivity index (χ4n) is 2.30. The lowest BCUT2D eigenvalue weighted by Crippen LogP contribution is -2.35. The van der Waals surface area contributed by atoms with Crippen molar-refractivity contribution >= 4 is 23.3 Å². The predicted molar refractivity (Wildman–Crippen MR) is 97.6 cm³/mol. The molecule has 28 heavy (non-hydrogen) atoms. The van der Waals surface area contributed by atoms with Gasteiger partial charge in [0, 0.05) is 12.1 Å². The van der Waals surface area contributed by atoms with Crippen LogP contribution in [-0.4, -0.2) is 28.3 Å². The molecule has 1 atom stereocenters. The lowest BCUT2D eigenvalue weighted by Gasteiger charge is -2.17. The summed E-state index contributed by atoms with van der Waals surface area (Å²) in [6, 6.07) is 9.46. The Balaban J connectivity index is 2.37. The highest BCUT2D eigenvalue weighted by atomic mass is 16.6. The average molecular weight is 385 g/mol. The number of hydrogen-bond donors (Lipinski definition) is 1. The summed E-state index contributed by atoms with van der Waals surface area (Å²) >= 11 is 0. The first-order valence-corrected chi connectivity index (χ1v) is 7.90. The van der Waals surface area contributed by atoms with Crippen LogP contribution in [0.1, 0.15) is 22.0 Å². The number of nitro groups is 2. The van der Waals surface area contributed by atoms with Crippen molar-refractivity contribution in [3.8, 4) is 0 Å². The Morgan fingerprint density at radius 2 is 1.64 bits per heavy atom. The van der Waals surface area contributed by atoms with Gasteiger partial charge in [0.05, 0.1) is 21.5 Å². The number of carbonyl (C=O) groups excluding carboxylic acids is 2. The summed E-state index contributed by atoms with van der Waals surface area (Å²) < 4.78 is 4.98. The van der Waals surface area contributed by atoms with E-state index in [1.807, 2.05) is 0 Å². The third-order valence-corrected chi connectivity index (χ3v) is 3.57. The molecule has 0 saturated heterocycles. The molecule has 10 heteroatoms. The zero-order valence-corrected chi connectivity index (χ0v) is 14.4. The number of nitro benzene ring substituents is 2. The molecule has 2 aromatic carbocycles. The van der Waals surface area contributed by atoms with E-state index in [1.165, 1.54) is 6.08 Å². The Labute approximate surface area is 158 Å². The SMILES string of the molecule is C=CCOC(=O)C(NC(=O)c1cc([N+](=O)[O-])cc([N+](=O)[O-])c1)c1ccccc1. The van der Waals surface area contributed by atoms with Crippen LogP contribution in [-0.2, 0) is 9.53 Å². The maximum Gasteiger partial charge on any atom is 0.333 e. The van der Waals surface area contributed by atoms with Gasteiger partial charge in [-0.15, -0.1) is 0 Å². The molecular formula is C18H15N3O7. The predicted octanol–water partition coefficient (Wildman–Crippen LogP) is 2.70. The van der Waals surface area contributed by atoms with Gasteiger partial charge in [-0.25, -0.2) is 4.79 Å². The highest BCUT2D eigenvalue weighted by Crippen LogP contribution is 2.23. The lowest BCUT2D eigenvalue weighted by molar-refractivity contribution is -0.394. The minimum absolute atomic E-state index is 0.0830. The van der Waals surface area contributed by atoms with Gasteiger partial charge in [0.25, 0.3) is 17.3 Å². The maximum atomic E-state index is 12.6. The third kappa shape index (κ3) is 4.97. The highest BCUT2D eigenvalue weighted by Gasteiger charge is 2.26. The normalized spacial score (nSPS) is 11.1. The molecule has 1 N–H and O–H groups in total. The molecule has 2 rings (SSSR count). The fraction of sp³-hybridized carbons (Fsp3) is 0.111. The third-order valence-electron chi connectivity index (χ3n) is 3.57. The number of carbonyl (C=O) groups is 2. The second kappa shape index (κ2) is 9.03. The molecule has 0 heterocycles. The molecule has 0 aliphatic carbocycles. The van der Waals surface area contributed by atoms with Crippen molar-refractivity contribution in [2.75, 3.05) is 6.61 Å². The first-order chi connectivity index (χ1) is 13.3. The van der Waals surface area contributed by atoms with Crippen LogP contribution in [0.25, 0.3) is 0 Å². The van der Waals surface area contributed by atoms with Gasteiger partial charge in [-0.3, -0.25) is 25.0 Å². The van der Waals surface area contributed by atoms with Crippen LogP contribution in [0, 0.1) is 20.2 Å². The van der Waals surface area contributed by atoms with Crippen molar-refractivity contribution in [3.05, 3.63) is 92.5 Å². The summed E-state index contributed by atoms with van der Waals surface area (Å²) in [5, 5.41) is 24.4. The Kier molecular flexibility index (Phi) is 6.53. The van der Waals surface area contributed by atoms with Gasteiger partial charge >= 0.3 is 5.97 Å². The molecule has 0 aliphatic heterocycles. The van der Waals surface area contributed by atoms with E-state index in [2.05, 4.69) is 11.9 Å². The van der Waals surface area contributed by atoms with Crippen LogP contribution >= 0.6 is 0 Å². The number of non-ortho nitro benzene ring substituents is 2. The van der Waals surface area contributed by atoms with Crippen LogP contribution < -0.4 is 5.32 Å². The van der Waals surface area contributed by atoms with E-state index in [1.54, 1.807) is 30.3 Å². The van der Waals surface area contributed by atoms with Gasteiger partial charge in [-0.1, -0.05) is 43.0 Å². The Morgan fingerprint density at radius 1 is 1.07 bits per heavy atom. The molecule has 0 radical (unpaired) electrons. The van der Waals surface area contributed by atoms with E-state index in [0.717, 1.165) is 18.2 Å². The quantitative estimate of drug-likeness (QED) is 0.318. The number of nitrogens with zero attached hydrogens (tertiary/aromatic N) is 2. The Morgan fingerprint density at radius 3 is 2.14 bits per heavy atom. The molecule has 0 aliphatic rings. The number of esters is 1. The summed E-state index contributed by atoms with van der Waals surface area (Å²) in [5.74, 6) is -1.68. The topological polar surface area (TPSA) is 142 Å². The lowest BCUT2D eigenvalue weighted by atomic mass is 10.1. The van der Waals surface area contributed by atoms with Crippen molar-refractivity contribution in [3.63, 3.8) is 0 Å². The Hall–Kier alpha value is -4.08. The minimum atomic E-state index is -1.22. The molecule has 1 amide bonds. The van der Waals surface area contributed by atoms with Crippen LogP contribution in [0.2, 0.25) is 0 Å². The Bertz CT molecular complexity index is 896. The molecule has 0 spiro atoms. The monoisotopic (exact) mass is 385 g/mol. The van der Waals surface area contributed by atoms with Gasteiger partial charge in [-0.2, -0.15) is 0 Å². The van der Waals surface area contributed by atoms with Crippen molar-refractivity contribution < 1.29 is 24.2 Å². The van der Waals surface area contributed by atoms with Crippen molar-refractivity contribution in [2.24, 2.45) is 0 Å². The molecule has 144 valence electrons. The smallest absolute Gasteiger partial charge is 0.333 e. The summed E-state index contributed by atoms with van der Waals surface area (Å²) in [4.78, 5) is 45.2. The van der Waals surface area contributed by atoms with Crippen LogP contribution in [0.5, 0.6) is 0 Å². The van der Waals surface area contributed by atoms with Crippen molar-refractivity contribution in [1.82, 2.24) is 5.32 Å². The van der Waals surface area contributed by atoms with E-state index in [0.29, 0.717) is 5.56 Å². The fourth-order valence-corrected chi connectivity index (χ4v) is 2.30. The van der Waals surface area contributed by atoms with E-state index in [4.69, 9.17) is 4.74 Å². The largest absolute Gasteiger partial charge is 0.460 e. The molecule has 0 bridgehead atoms. The number of rotatable bonds is 8. The molecule has 2 aromatic rings. The van der Waals surface area contributed by atoms with E-state index in [-0.39, 0.29) is 12.2 Å². The van der Waals surface area contributed by atoms with Gasteiger partial charge in [-0.05, 0) is 5.56 Å². The van der Waals surface area contributed by atoms with Gasteiger partial charge in [0.2, 0.25) is 0 Å². The van der Waals surface area contributed by atoms with E-state index >= 15 is 0 Å². The van der Waals surface area contributed by atoms with E-state index < -0.39 is 39.1 Å². The van der Waals surface area contributed by atoms with Crippen LogP contribution in [0.4, 0.5) is 11.4 Å². The summed E-state index contributed by atoms with van der Waals surface area (Å²) in [6.45, 7) is 3.35. The first-order valence-electron chi connectivity index (χ1n) is 7.90. The van der Waals surface area contributed by atoms with Gasteiger partial charge < -0.3 is 10.1 Å². The van der Waals surface area contributed by atoms with Crippen molar-refractivity contribution in [1.29, 1.82) is 0 Å². The summed E-state index contributed by atoms with van der Waals surface area (Å²) in [6.07, 6.45) is 1.35. The van der Waals surface area contributed by atoms with Crippen molar-refractivity contribution in [2.45, 2.75) is 6.04 Å². The number of ether oxygens (including phenoxy) is 1. The summed E-state index contributed by atoms with van der Waals surface area (Å²) in [5.41, 5.74) is -1.17.